The average molecular weight is 415 g/mol. The Kier molecular flexibility index (Phi) is 9.12. The van der Waals surface area contributed by atoms with Crippen LogP contribution in [0.15, 0.2) is 60.0 Å². The van der Waals surface area contributed by atoms with Crippen LogP contribution in [0.3, 0.4) is 0 Å². The Morgan fingerprint density at radius 1 is 1.00 bits per heavy atom. The summed E-state index contributed by atoms with van der Waals surface area (Å²) in [6, 6.07) is 8.14. The predicted octanol–water partition coefficient (Wildman–Crippen LogP) is 3.61. The molecule has 3 rings (SSSR count). The summed E-state index contributed by atoms with van der Waals surface area (Å²) in [6.45, 7) is 8.08. The monoisotopic (exact) mass is 414 g/mol. The van der Waals surface area contributed by atoms with Gasteiger partial charge in [-0.05, 0) is 25.1 Å². The van der Waals surface area contributed by atoms with Crippen LogP contribution in [0, 0.1) is 0 Å². The van der Waals surface area contributed by atoms with Crippen molar-refractivity contribution >= 4 is 5.69 Å². The quantitative estimate of drug-likeness (QED) is 0.702. The number of anilines is 1. The number of rotatable bonds is 4. The van der Waals surface area contributed by atoms with Crippen molar-refractivity contribution in [2.75, 3.05) is 71.2 Å². The molecule has 1 heterocycles. The summed E-state index contributed by atoms with van der Waals surface area (Å²) in [7, 11) is 2.09. The van der Waals surface area contributed by atoms with E-state index in [-0.39, 0.29) is 0 Å². The van der Waals surface area contributed by atoms with Gasteiger partial charge in [0.25, 0.3) is 0 Å². The largest absolute Gasteiger partial charge is 0.488 e. The molecule has 6 nitrogen and oxygen atoms in total. The maximum absolute atomic E-state index is 6.11. The van der Waals surface area contributed by atoms with Crippen LogP contribution < -0.4 is 9.64 Å². The van der Waals surface area contributed by atoms with Crippen LogP contribution in [0.5, 0.6) is 5.75 Å². The summed E-state index contributed by atoms with van der Waals surface area (Å²) in [6.07, 6.45) is 9.10. The first-order valence-electron chi connectivity index (χ1n) is 10.8. The molecule has 2 aliphatic rings. The van der Waals surface area contributed by atoms with Crippen molar-refractivity contribution in [1.29, 1.82) is 0 Å². The topological polar surface area (TPSA) is 43.4 Å². The van der Waals surface area contributed by atoms with Crippen LogP contribution in [0.1, 0.15) is 13.3 Å². The molecule has 0 N–H and O–H groups in total. The highest BCUT2D eigenvalue weighted by molar-refractivity contribution is 5.58. The minimum absolute atomic E-state index is 0.481. The molecule has 6 heteroatoms. The minimum atomic E-state index is 0.481. The Bertz CT molecular complexity index is 744. The van der Waals surface area contributed by atoms with E-state index in [9.17, 15) is 0 Å². The number of hydrogen-bond acceptors (Lipinski definition) is 6. The highest BCUT2D eigenvalue weighted by Crippen LogP contribution is 2.28. The third kappa shape index (κ3) is 6.54. The van der Waals surface area contributed by atoms with E-state index in [0.717, 1.165) is 48.9 Å². The van der Waals surface area contributed by atoms with E-state index in [4.69, 9.17) is 18.9 Å². The molecule has 0 radical (unpaired) electrons. The zero-order valence-electron chi connectivity index (χ0n) is 18.2. The predicted molar refractivity (Wildman–Crippen MR) is 120 cm³/mol. The Hall–Kier alpha value is -2.44. The Balaban J connectivity index is 1.75. The molecule has 0 saturated heterocycles. The molecule has 1 aliphatic carbocycles. The lowest BCUT2D eigenvalue weighted by Gasteiger charge is -2.27. The number of benzene rings is 1. The van der Waals surface area contributed by atoms with Gasteiger partial charge in [-0.2, -0.15) is 0 Å². The fourth-order valence-electron chi connectivity index (χ4n) is 3.50. The molecule has 0 saturated carbocycles. The second-order valence-electron chi connectivity index (χ2n) is 7.18. The Labute approximate surface area is 180 Å². The van der Waals surface area contributed by atoms with E-state index in [1.165, 1.54) is 0 Å². The molecule has 1 aliphatic heterocycles. The van der Waals surface area contributed by atoms with Crippen LogP contribution in [-0.2, 0) is 14.2 Å². The van der Waals surface area contributed by atoms with Crippen LogP contribution in [0.25, 0.3) is 0 Å². The highest BCUT2D eigenvalue weighted by Gasteiger charge is 2.15. The number of likely N-dealkylation sites (N-methyl/N-ethyl adjacent to an activating group) is 1. The Morgan fingerprint density at radius 3 is 2.73 bits per heavy atom. The summed E-state index contributed by atoms with van der Waals surface area (Å²) in [4.78, 5) is 4.49. The number of allylic oxidation sites excluding steroid dienone is 4. The maximum atomic E-state index is 6.11. The van der Waals surface area contributed by atoms with Crippen molar-refractivity contribution in [1.82, 2.24) is 4.90 Å². The van der Waals surface area contributed by atoms with Crippen molar-refractivity contribution in [3.63, 3.8) is 0 Å². The summed E-state index contributed by atoms with van der Waals surface area (Å²) in [5.41, 5.74) is 2.23. The number of fused-ring (bicyclic) bond motifs is 1. The third-order valence-electron chi connectivity index (χ3n) is 5.14. The summed E-state index contributed by atoms with van der Waals surface area (Å²) in [5, 5.41) is 0. The van der Waals surface area contributed by atoms with E-state index in [2.05, 4.69) is 35.1 Å². The number of ether oxygens (including phenoxy) is 4. The Morgan fingerprint density at radius 2 is 1.83 bits per heavy atom. The van der Waals surface area contributed by atoms with E-state index < -0.39 is 0 Å². The number of hydrogen-bond donors (Lipinski definition) is 0. The van der Waals surface area contributed by atoms with Gasteiger partial charge < -0.3 is 28.7 Å². The molecule has 1 aromatic rings. The molecule has 0 fully saturated rings. The molecule has 0 aromatic heterocycles. The van der Waals surface area contributed by atoms with Gasteiger partial charge in [0.15, 0.2) is 0 Å². The van der Waals surface area contributed by atoms with E-state index in [0.29, 0.717) is 39.6 Å². The van der Waals surface area contributed by atoms with Gasteiger partial charge in [-0.3, -0.25) is 0 Å². The van der Waals surface area contributed by atoms with Crippen molar-refractivity contribution in [3.8, 4) is 5.75 Å². The van der Waals surface area contributed by atoms with E-state index >= 15 is 0 Å². The number of nitrogens with zero attached hydrogens (tertiary/aromatic N) is 2. The van der Waals surface area contributed by atoms with Gasteiger partial charge in [0, 0.05) is 39.7 Å². The van der Waals surface area contributed by atoms with E-state index in [1.54, 1.807) is 0 Å². The molecule has 30 heavy (non-hydrogen) atoms. The average Bonchev–Trinajstić information content (AvgIpc) is 3.01. The second-order valence-corrected chi connectivity index (χ2v) is 7.18. The van der Waals surface area contributed by atoms with Gasteiger partial charge in [0.05, 0.1) is 31.2 Å². The zero-order valence-corrected chi connectivity index (χ0v) is 18.2. The standard InChI is InChI=1S/C24H34N2O4/c1-3-27-17-14-26-15-18-28-16-13-25(2)21-9-5-4-6-11-23(21)29-19-20-30-24-12-8-7-10-22(24)26/h4-8,10-12H,3,9,13-20H2,1-2H3. The van der Waals surface area contributed by atoms with Gasteiger partial charge in [0.2, 0.25) is 0 Å². The first kappa shape index (κ1) is 22.2. The zero-order chi connectivity index (χ0) is 21.0. The lowest BCUT2D eigenvalue weighted by Crippen LogP contribution is -2.32. The van der Waals surface area contributed by atoms with E-state index in [1.807, 2.05) is 37.3 Å². The SMILES string of the molecule is CCOCCN1CCOCCN(C)C2=C(C=CC=CC2)OCCOc2ccccc21. The summed E-state index contributed by atoms with van der Waals surface area (Å²) < 4.78 is 23.8. The third-order valence-corrected chi connectivity index (χ3v) is 5.14. The molecule has 0 bridgehead atoms. The lowest BCUT2D eigenvalue weighted by molar-refractivity contribution is 0.117. The summed E-state index contributed by atoms with van der Waals surface area (Å²) >= 11 is 0. The van der Waals surface area contributed by atoms with Gasteiger partial charge in [-0.25, -0.2) is 0 Å². The first-order valence-corrected chi connectivity index (χ1v) is 10.8. The highest BCUT2D eigenvalue weighted by atomic mass is 16.5. The van der Waals surface area contributed by atoms with Crippen molar-refractivity contribution < 1.29 is 18.9 Å². The van der Waals surface area contributed by atoms with Crippen LogP contribution >= 0.6 is 0 Å². The fraction of sp³-hybridized carbons (Fsp3) is 0.500. The molecule has 164 valence electrons. The van der Waals surface area contributed by atoms with Gasteiger partial charge in [-0.1, -0.05) is 30.4 Å². The first-order chi connectivity index (χ1) is 14.8. The maximum Gasteiger partial charge on any atom is 0.142 e. The molecule has 0 unspecified atom stereocenters. The molecule has 0 spiro atoms. The van der Waals surface area contributed by atoms with Crippen LogP contribution in [0.2, 0.25) is 0 Å². The smallest absolute Gasteiger partial charge is 0.142 e. The van der Waals surface area contributed by atoms with Crippen molar-refractivity contribution in [2.45, 2.75) is 13.3 Å². The second kappa shape index (κ2) is 12.3. The summed E-state index contributed by atoms with van der Waals surface area (Å²) in [5.74, 6) is 1.75. The molecule has 0 amide bonds. The van der Waals surface area contributed by atoms with Crippen molar-refractivity contribution in [3.05, 3.63) is 60.0 Å². The van der Waals surface area contributed by atoms with Crippen LogP contribution in [0.4, 0.5) is 5.69 Å². The van der Waals surface area contributed by atoms with Gasteiger partial charge in [0.1, 0.15) is 24.7 Å². The molecule has 0 atom stereocenters. The van der Waals surface area contributed by atoms with Gasteiger partial charge in [-0.15, -0.1) is 0 Å². The van der Waals surface area contributed by atoms with Gasteiger partial charge >= 0.3 is 0 Å². The van der Waals surface area contributed by atoms with Crippen molar-refractivity contribution in [2.24, 2.45) is 0 Å². The normalized spacial score (nSPS) is 18.5. The lowest BCUT2D eigenvalue weighted by atomic mass is 10.2. The molecular formula is C24H34N2O4. The minimum Gasteiger partial charge on any atom is -0.488 e. The van der Waals surface area contributed by atoms with Crippen LogP contribution in [-0.4, -0.2) is 71.2 Å². The number of para-hydroxylation sites is 2. The molecular weight excluding hydrogens is 380 g/mol. The fourth-order valence-corrected chi connectivity index (χ4v) is 3.50. The molecule has 1 aromatic carbocycles.